The fourth-order valence-electron chi connectivity index (χ4n) is 3.56. The van der Waals surface area contributed by atoms with Crippen LogP contribution in [0.3, 0.4) is 0 Å². The van der Waals surface area contributed by atoms with Gasteiger partial charge in [-0.1, -0.05) is 49.1 Å². The Kier molecular flexibility index (Phi) is 6.06. The van der Waals surface area contributed by atoms with E-state index < -0.39 is 0 Å². The van der Waals surface area contributed by atoms with E-state index in [1.165, 1.54) is 32.1 Å². The van der Waals surface area contributed by atoms with Crippen molar-refractivity contribution in [2.45, 2.75) is 38.1 Å². The standard InChI is InChI=1S/C23H23ClN4O/c24-19-5-4-8-21(13-19)27-22(29)17-11-9-16(10-12-17)18-14-25-23(26-15-18)28-20-6-2-1-3-7-20/h4-5,8-15,20H,1-3,6-7H2,(H,27,29)(H,25,26,28). The normalized spacial score (nSPS) is 14.4. The molecule has 2 aromatic carbocycles. The number of nitrogens with zero attached hydrogens (tertiary/aromatic N) is 2. The maximum Gasteiger partial charge on any atom is 0.255 e. The van der Waals surface area contributed by atoms with Crippen molar-refractivity contribution in [1.29, 1.82) is 0 Å². The molecule has 6 heteroatoms. The molecule has 29 heavy (non-hydrogen) atoms. The predicted octanol–water partition coefficient (Wildman–Crippen LogP) is 5.79. The molecule has 3 aromatic rings. The van der Waals surface area contributed by atoms with E-state index in [1.807, 2.05) is 24.5 Å². The summed E-state index contributed by atoms with van der Waals surface area (Å²) in [7, 11) is 0. The molecule has 4 rings (SSSR count). The van der Waals surface area contributed by atoms with Gasteiger partial charge in [-0.15, -0.1) is 0 Å². The molecule has 5 nitrogen and oxygen atoms in total. The summed E-state index contributed by atoms with van der Waals surface area (Å²) in [6, 6.07) is 15.0. The fourth-order valence-corrected chi connectivity index (χ4v) is 3.75. The summed E-state index contributed by atoms with van der Waals surface area (Å²) in [6.45, 7) is 0. The summed E-state index contributed by atoms with van der Waals surface area (Å²) in [4.78, 5) is 21.3. The molecule has 0 atom stereocenters. The number of carbonyl (C=O) groups excluding carboxylic acids is 1. The molecule has 1 aliphatic rings. The highest BCUT2D eigenvalue weighted by molar-refractivity contribution is 6.31. The van der Waals surface area contributed by atoms with Gasteiger partial charge in [0.05, 0.1) is 0 Å². The minimum Gasteiger partial charge on any atom is -0.351 e. The number of benzene rings is 2. The number of carbonyl (C=O) groups is 1. The van der Waals surface area contributed by atoms with Crippen molar-refractivity contribution in [3.05, 3.63) is 71.5 Å². The average molecular weight is 407 g/mol. The molecule has 148 valence electrons. The third kappa shape index (κ3) is 5.12. The minimum atomic E-state index is -0.179. The van der Waals surface area contributed by atoms with E-state index in [1.54, 1.807) is 36.4 Å². The van der Waals surface area contributed by atoms with Crippen LogP contribution >= 0.6 is 11.6 Å². The highest BCUT2D eigenvalue weighted by atomic mass is 35.5. The molecule has 0 unspecified atom stereocenters. The molecule has 1 saturated carbocycles. The lowest BCUT2D eigenvalue weighted by Crippen LogP contribution is -2.23. The van der Waals surface area contributed by atoms with E-state index in [9.17, 15) is 4.79 Å². The Balaban J connectivity index is 1.40. The van der Waals surface area contributed by atoms with Crippen molar-refractivity contribution in [3.63, 3.8) is 0 Å². The predicted molar refractivity (Wildman–Crippen MR) is 117 cm³/mol. The van der Waals surface area contributed by atoms with Crippen molar-refractivity contribution in [2.24, 2.45) is 0 Å². The first-order valence-corrected chi connectivity index (χ1v) is 10.3. The van der Waals surface area contributed by atoms with E-state index in [4.69, 9.17) is 11.6 Å². The third-order valence-corrected chi connectivity index (χ3v) is 5.39. The number of rotatable bonds is 5. The van der Waals surface area contributed by atoms with Gasteiger partial charge in [0.2, 0.25) is 5.95 Å². The summed E-state index contributed by atoms with van der Waals surface area (Å²) < 4.78 is 0. The second-order valence-corrected chi connectivity index (χ2v) is 7.75. The molecule has 1 aliphatic carbocycles. The van der Waals surface area contributed by atoms with Crippen LogP contribution in [0.15, 0.2) is 60.9 Å². The maximum atomic E-state index is 12.4. The van der Waals surface area contributed by atoms with E-state index in [0.717, 1.165) is 11.1 Å². The molecular weight excluding hydrogens is 384 g/mol. The Bertz CT molecular complexity index is 967. The topological polar surface area (TPSA) is 66.9 Å². The Labute approximate surface area is 175 Å². The lowest BCUT2D eigenvalue weighted by atomic mass is 9.96. The van der Waals surface area contributed by atoms with Gasteiger partial charge >= 0.3 is 0 Å². The van der Waals surface area contributed by atoms with Crippen LogP contribution in [0.4, 0.5) is 11.6 Å². The van der Waals surface area contributed by atoms with Crippen LogP contribution in [-0.4, -0.2) is 21.9 Å². The van der Waals surface area contributed by atoms with Crippen LogP contribution < -0.4 is 10.6 Å². The number of nitrogens with one attached hydrogen (secondary N) is 2. The molecule has 0 spiro atoms. The van der Waals surface area contributed by atoms with Crippen molar-refractivity contribution in [2.75, 3.05) is 10.6 Å². The lowest BCUT2D eigenvalue weighted by Gasteiger charge is -2.22. The smallest absolute Gasteiger partial charge is 0.255 e. The van der Waals surface area contributed by atoms with Gasteiger partial charge in [0.1, 0.15) is 0 Å². The van der Waals surface area contributed by atoms with E-state index in [0.29, 0.717) is 28.3 Å². The summed E-state index contributed by atoms with van der Waals surface area (Å²) >= 11 is 5.96. The van der Waals surface area contributed by atoms with Crippen molar-refractivity contribution < 1.29 is 4.79 Å². The second kappa shape index (κ2) is 9.05. The lowest BCUT2D eigenvalue weighted by molar-refractivity contribution is 0.102. The van der Waals surface area contributed by atoms with Crippen LogP contribution in [0.2, 0.25) is 5.02 Å². The number of amides is 1. The Hall–Kier alpha value is -2.92. The Morgan fingerprint density at radius 2 is 1.66 bits per heavy atom. The van der Waals surface area contributed by atoms with Crippen LogP contribution in [0.5, 0.6) is 0 Å². The van der Waals surface area contributed by atoms with Gasteiger partial charge in [-0.2, -0.15) is 0 Å². The number of halogens is 1. The monoisotopic (exact) mass is 406 g/mol. The van der Waals surface area contributed by atoms with Crippen LogP contribution in [0.1, 0.15) is 42.5 Å². The van der Waals surface area contributed by atoms with Crippen molar-refractivity contribution in [3.8, 4) is 11.1 Å². The Morgan fingerprint density at radius 1 is 0.931 bits per heavy atom. The summed E-state index contributed by atoms with van der Waals surface area (Å²) in [5.74, 6) is 0.500. The number of anilines is 2. The summed E-state index contributed by atoms with van der Waals surface area (Å²) in [5, 5.41) is 6.86. The largest absolute Gasteiger partial charge is 0.351 e. The minimum absolute atomic E-state index is 0.179. The number of hydrogen-bond acceptors (Lipinski definition) is 4. The summed E-state index contributed by atoms with van der Waals surface area (Å²) in [6.07, 6.45) is 9.87. The van der Waals surface area contributed by atoms with Crippen molar-refractivity contribution in [1.82, 2.24) is 9.97 Å². The molecule has 0 saturated heterocycles. The van der Waals surface area contributed by atoms with Gasteiger partial charge in [0.15, 0.2) is 0 Å². The fraction of sp³-hybridized carbons (Fsp3) is 0.261. The zero-order valence-electron chi connectivity index (χ0n) is 16.1. The maximum absolute atomic E-state index is 12.4. The SMILES string of the molecule is O=C(Nc1cccc(Cl)c1)c1ccc(-c2cnc(NC3CCCCC3)nc2)cc1. The van der Waals surface area contributed by atoms with Gasteiger partial charge in [-0.05, 0) is 48.7 Å². The van der Waals surface area contributed by atoms with Crippen molar-refractivity contribution >= 4 is 29.1 Å². The second-order valence-electron chi connectivity index (χ2n) is 7.32. The molecule has 2 N–H and O–H groups in total. The first kappa shape index (κ1) is 19.4. The molecule has 0 aliphatic heterocycles. The quantitative estimate of drug-likeness (QED) is 0.562. The molecule has 1 amide bonds. The zero-order chi connectivity index (χ0) is 20.1. The van der Waals surface area contributed by atoms with Crippen LogP contribution in [-0.2, 0) is 0 Å². The molecule has 0 bridgehead atoms. The first-order valence-electron chi connectivity index (χ1n) is 9.93. The molecule has 1 aromatic heterocycles. The first-order chi connectivity index (χ1) is 14.2. The molecule has 1 fully saturated rings. The number of aromatic nitrogens is 2. The van der Waals surface area contributed by atoms with Gasteiger partial charge in [0.25, 0.3) is 5.91 Å². The summed E-state index contributed by atoms with van der Waals surface area (Å²) in [5.41, 5.74) is 3.13. The van der Waals surface area contributed by atoms with Gasteiger partial charge in [-0.25, -0.2) is 9.97 Å². The molecule has 1 heterocycles. The highest BCUT2D eigenvalue weighted by Gasteiger charge is 2.14. The average Bonchev–Trinajstić information content (AvgIpc) is 2.75. The molecular formula is C23H23ClN4O. The van der Waals surface area contributed by atoms with Crippen LogP contribution in [0.25, 0.3) is 11.1 Å². The van der Waals surface area contributed by atoms with E-state index >= 15 is 0 Å². The number of hydrogen-bond donors (Lipinski definition) is 2. The van der Waals surface area contributed by atoms with Gasteiger partial charge in [-0.3, -0.25) is 4.79 Å². The Morgan fingerprint density at radius 3 is 2.34 bits per heavy atom. The highest BCUT2D eigenvalue weighted by Crippen LogP contribution is 2.22. The van der Waals surface area contributed by atoms with Gasteiger partial charge < -0.3 is 10.6 Å². The van der Waals surface area contributed by atoms with Gasteiger partial charge in [0, 0.05) is 40.3 Å². The van der Waals surface area contributed by atoms with Crippen LogP contribution in [0, 0.1) is 0 Å². The van der Waals surface area contributed by atoms with E-state index in [-0.39, 0.29) is 5.91 Å². The third-order valence-electron chi connectivity index (χ3n) is 5.15. The molecule has 0 radical (unpaired) electrons. The zero-order valence-corrected chi connectivity index (χ0v) is 16.8. The van der Waals surface area contributed by atoms with E-state index in [2.05, 4.69) is 20.6 Å².